The molecular formula is C23H18N4O2. The van der Waals surface area contributed by atoms with Crippen LogP contribution in [0.5, 0.6) is 6.01 Å². The molecule has 0 radical (unpaired) electrons. The molecule has 142 valence electrons. The second kappa shape index (κ2) is 7.95. The summed E-state index contributed by atoms with van der Waals surface area (Å²) in [4.78, 5) is 26.3. The van der Waals surface area contributed by atoms with Gasteiger partial charge in [-0.15, -0.1) is 0 Å². The maximum Gasteiger partial charge on any atom is 0.316 e. The maximum atomic E-state index is 13.4. The molecule has 0 atom stereocenters. The topological polar surface area (TPSA) is 69.9 Å². The van der Waals surface area contributed by atoms with Crippen molar-refractivity contribution in [1.82, 2.24) is 19.5 Å². The van der Waals surface area contributed by atoms with E-state index in [1.165, 1.54) is 7.11 Å². The molecule has 0 spiro atoms. The van der Waals surface area contributed by atoms with Gasteiger partial charge in [0.05, 0.1) is 29.3 Å². The number of benzene rings is 2. The molecule has 0 aliphatic rings. The summed E-state index contributed by atoms with van der Waals surface area (Å²) in [6, 6.07) is 15.3. The highest BCUT2D eigenvalue weighted by Crippen LogP contribution is 2.16. The van der Waals surface area contributed by atoms with Gasteiger partial charge in [-0.25, -0.2) is 15.0 Å². The number of rotatable bonds is 3. The second-order valence-electron chi connectivity index (χ2n) is 6.27. The Kier molecular flexibility index (Phi) is 5.04. The third-order valence-electron chi connectivity index (χ3n) is 4.45. The van der Waals surface area contributed by atoms with Gasteiger partial charge in [-0.05, 0) is 24.3 Å². The summed E-state index contributed by atoms with van der Waals surface area (Å²) in [7, 11) is 1.51. The Bertz CT molecular complexity index is 1280. The SMILES string of the molecule is CCc1nc2cccc(C#Cc3cnc(OC)nc3)c2c(=O)n1-c1ccccc1. The lowest BCUT2D eigenvalue weighted by molar-refractivity contribution is 0.379. The molecule has 0 bridgehead atoms. The Balaban J connectivity index is 1.90. The zero-order valence-corrected chi connectivity index (χ0v) is 16.1. The van der Waals surface area contributed by atoms with Crippen molar-refractivity contribution < 1.29 is 4.74 Å². The first-order chi connectivity index (χ1) is 14.2. The van der Waals surface area contributed by atoms with Crippen LogP contribution in [0.3, 0.4) is 0 Å². The van der Waals surface area contributed by atoms with Crippen LogP contribution in [0, 0.1) is 11.8 Å². The minimum atomic E-state index is -0.131. The smallest absolute Gasteiger partial charge is 0.316 e. The van der Waals surface area contributed by atoms with Crippen molar-refractivity contribution in [2.45, 2.75) is 13.3 Å². The van der Waals surface area contributed by atoms with E-state index in [9.17, 15) is 4.79 Å². The number of nitrogens with zero attached hydrogens (tertiary/aromatic N) is 4. The van der Waals surface area contributed by atoms with Crippen molar-refractivity contribution >= 4 is 10.9 Å². The van der Waals surface area contributed by atoms with Crippen LogP contribution in [0.1, 0.15) is 23.9 Å². The lowest BCUT2D eigenvalue weighted by atomic mass is 10.1. The summed E-state index contributed by atoms with van der Waals surface area (Å²) in [6.45, 7) is 1.99. The van der Waals surface area contributed by atoms with E-state index >= 15 is 0 Å². The minimum absolute atomic E-state index is 0.131. The van der Waals surface area contributed by atoms with E-state index in [0.717, 1.165) is 5.69 Å². The normalized spacial score (nSPS) is 10.4. The fraction of sp³-hybridized carbons (Fsp3) is 0.130. The van der Waals surface area contributed by atoms with E-state index in [1.54, 1.807) is 17.0 Å². The molecule has 6 heteroatoms. The Morgan fingerprint density at radius 2 is 1.76 bits per heavy atom. The van der Waals surface area contributed by atoms with Gasteiger partial charge in [0.1, 0.15) is 5.82 Å². The highest BCUT2D eigenvalue weighted by Gasteiger charge is 2.13. The Morgan fingerprint density at radius 3 is 2.45 bits per heavy atom. The fourth-order valence-electron chi connectivity index (χ4n) is 3.09. The molecule has 0 saturated carbocycles. The van der Waals surface area contributed by atoms with Gasteiger partial charge >= 0.3 is 6.01 Å². The molecule has 4 rings (SSSR count). The number of aryl methyl sites for hydroxylation is 1. The van der Waals surface area contributed by atoms with Gasteiger partial charge in [0, 0.05) is 24.4 Å². The zero-order valence-electron chi connectivity index (χ0n) is 16.1. The Labute approximate surface area is 167 Å². The van der Waals surface area contributed by atoms with E-state index in [1.807, 2.05) is 55.5 Å². The zero-order chi connectivity index (χ0) is 20.2. The Morgan fingerprint density at radius 1 is 1.00 bits per heavy atom. The highest BCUT2D eigenvalue weighted by molar-refractivity contribution is 5.84. The Hall–Kier alpha value is -3.98. The van der Waals surface area contributed by atoms with Gasteiger partial charge in [-0.2, -0.15) is 0 Å². The molecule has 2 aromatic heterocycles. The molecule has 0 amide bonds. The molecule has 4 aromatic rings. The quantitative estimate of drug-likeness (QED) is 0.509. The number of hydrogen-bond acceptors (Lipinski definition) is 5. The molecule has 2 heterocycles. The predicted octanol–water partition coefficient (Wildman–Crippen LogP) is 3.15. The van der Waals surface area contributed by atoms with E-state index in [-0.39, 0.29) is 11.6 Å². The number of aromatic nitrogens is 4. The van der Waals surface area contributed by atoms with E-state index < -0.39 is 0 Å². The number of ether oxygens (including phenoxy) is 1. The van der Waals surface area contributed by atoms with Crippen LogP contribution in [0.4, 0.5) is 0 Å². The van der Waals surface area contributed by atoms with Crippen molar-refractivity contribution in [2.24, 2.45) is 0 Å². The van der Waals surface area contributed by atoms with Gasteiger partial charge in [-0.1, -0.05) is 43.0 Å². The van der Waals surface area contributed by atoms with E-state index in [0.29, 0.717) is 34.3 Å². The maximum absolute atomic E-state index is 13.4. The number of fused-ring (bicyclic) bond motifs is 1. The molecule has 6 nitrogen and oxygen atoms in total. The van der Waals surface area contributed by atoms with Crippen LogP contribution in [0.25, 0.3) is 16.6 Å². The molecule has 0 saturated heterocycles. The first-order valence-electron chi connectivity index (χ1n) is 9.19. The second-order valence-corrected chi connectivity index (χ2v) is 6.27. The fourth-order valence-corrected chi connectivity index (χ4v) is 3.09. The molecule has 0 N–H and O–H groups in total. The summed E-state index contributed by atoms with van der Waals surface area (Å²) >= 11 is 0. The highest BCUT2D eigenvalue weighted by atomic mass is 16.5. The summed E-state index contributed by atoms with van der Waals surface area (Å²) in [5, 5.41) is 0.496. The lowest BCUT2D eigenvalue weighted by Crippen LogP contribution is -2.24. The van der Waals surface area contributed by atoms with Crippen molar-refractivity contribution in [2.75, 3.05) is 7.11 Å². The van der Waals surface area contributed by atoms with Crippen LogP contribution in [-0.2, 0) is 6.42 Å². The van der Waals surface area contributed by atoms with Crippen molar-refractivity contribution in [3.8, 4) is 23.5 Å². The third kappa shape index (κ3) is 3.58. The van der Waals surface area contributed by atoms with Gasteiger partial charge in [0.25, 0.3) is 5.56 Å². The summed E-state index contributed by atoms with van der Waals surface area (Å²) in [5.41, 5.74) is 2.54. The van der Waals surface area contributed by atoms with Crippen molar-refractivity contribution in [1.29, 1.82) is 0 Å². The van der Waals surface area contributed by atoms with Crippen molar-refractivity contribution in [3.05, 3.63) is 88.2 Å². The molecule has 0 unspecified atom stereocenters. The molecule has 0 aliphatic carbocycles. The summed E-state index contributed by atoms with van der Waals surface area (Å²) in [5.74, 6) is 6.80. The molecule has 0 fully saturated rings. The minimum Gasteiger partial charge on any atom is -0.467 e. The van der Waals surface area contributed by atoms with Gasteiger partial charge in [0.15, 0.2) is 0 Å². The summed E-state index contributed by atoms with van der Waals surface area (Å²) in [6.07, 6.45) is 3.80. The summed E-state index contributed by atoms with van der Waals surface area (Å²) < 4.78 is 6.62. The van der Waals surface area contributed by atoms with E-state index in [4.69, 9.17) is 9.72 Å². The molecule has 2 aromatic carbocycles. The van der Waals surface area contributed by atoms with Crippen LogP contribution >= 0.6 is 0 Å². The monoisotopic (exact) mass is 382 g/mol. The van der Waals surface area contributed by atoms with Crippen LogP contribution in [0.15, 0.2) is 65.7 Å². The van der Waals surface area contributed by atoms with Crippen LogP contribution < -0.4 is 10.3 Å². The number of methoxy groups -OCH3 is 1. The molecule has 29 heavy (non-hydrogen) atoms. The number of hydrogen-bond donors (Lipinski definition) is 0. The van der Waals surface area contributed by atoms with Crippen molar-refractivity contribution in [3.63, 3.8) is 0 Å². The molecule has 0 aliphatic heterocycles. The average molecular weight is 382 g/mol. The van der Waals surface area contributed by atoms with Gasteiger partial charge in [0.2, 0.25) is 0 Å². The largest absolute Gasteiger partial charge is 0.467 e. The van der Waals surface area contributed by atoms with Gasteiger partial charge in [-0.3, -0.25) is 9.36 Å². The third-order valence-corrected chi connectivity index (χ3v) is 4.45. The average Bonchev–Trinajstić information content (AvgIpc) is 2.78. The standard InChI is InChI=1S/C23H18N4O2/c1-3-20-26-19-11-7-8-17(13-12-16-14-24-23(29-2)25-15-16)21(19)22(28)27(20)18-9-5-4-6-10-18/h4-11,14-15H,3H2,1-2H3. The first-order valence-corrected chi connectivity index (χ1v) is 9.19. The van der Waals surface area contributed by atoms with Crippen LogP contribution in [-0.4, -0.2) is 26.6 Å². The first kappa shape index (κ1) is 18.4. The van der Waals surface area contributed by atoms with Gasteiger partial charge < -0.3 is 4.74 Å². The van der Waals surface area contributed by atoms with Crippen LogP contribution in [0.2, 0.25) is 0 Å². The predicted molar refractivity (Wildman–Crippen MR) is 111 cm³/mol. The molecular weight excluding hydrogens is 364 g/mol. The lowest BCUT2D eigenvalue weighted by Gasteiger charge is -2.13. The van der Waals surface area contributed by atoms with E-state index in [2.05, 4.69) is 21.8 Å². The number of para-hydroxylation sites is 1.